The average molecular weight is 344 g/mol. The molecule has 0 amide bonds. The molecular weight excluding hydrogens is 326 g/mol. The van der Waals surface area contributed by atoms with Crippen molar-refractivity contribution in [2.75, 3.05) is 30.1 Å². The standard InChI is InChI=1S/C10H17NO4S4/c1-11(8-2-4-18(12,13)6-8)10(16)17-9-3-5-19(14,15)7-9/h8-9H,2-7H2,1H3/t8-,9+/m1/s1. The summed E-state index contributed by atoms with van der Waals surface area (Å²) in [4.78, 5) is 1.81. The highest BCUT2D eigenvalue weighted by Crippen LogP contribution is 2.28. The van der Waals surface area contributed by atoms with Crippen LogP contribution >= 0.6 is 24.0 Å². The first-order valence-corrected chi connectivity index (χ1v) is 11.0. The Balaban J connectivity index is 1.90. The second kappa shape index (κ2) is 5.50. The van der Waals surface area contributed by atoms with Crippen LogP contribution in [0.4, 0.5) is 0 Å². The lowest BCUT2D eigenvalue weighted by atomic mass is 10.2. The number of thiocarbonyl (C=S) groups is 1. The largest absolute Gasteiger partial charge is 0.357 e. The Morgan fingerprint density at radius 1 is 1.11 bits per heavy atom. The van der Waals surface area contributed by atoms with Gasteiger partial charge in [-0.3, -0.25) is 0 Å². The van der Waals surface area contributed by atoms with Crippen LogP contribution in [-0.4, -0.2) is 67.4 Å². The van der Waals surface area contributed by atoms with E-state index in [9.17, 15) is 16.8 Å². The summed E-state index contributed by atoms with van der Waals surface area (Å²) in [6.45, 7) is 0. The minimum absolute atomic E-state index is 0.0120. The van der Waals surface area contributed by atoms with Crippen molar-refractivity contribution in [2.45, 2.75) is 24.1 Å². The Morgan fingerprint density at radius 3 is 2.16 bits per heavy atom. The first-order chi connectivity index (χ1) is 8.69. The topological polar surface area (TPSA) is 71.5 Å². The van der Waals surface area contributed by atoms with Gasteiger partial charge in [0.1, 0.15) is 4.32 Å². The molecule has 0 N–H and O–H groups in total. The minimum atomic E-state index is -2.93. The van der Waals surface area contributed by atoms with Gasteiger partial charge in [-0.25, -0.2) is 16.8 Å². The van der Waals surface area contributed by atoms with Gasteiger partial charge in [0.2, 0.25) is 0 Å². The van der Waals surface area contributed by atoms with Crippen molar-refractivity contribution in [3.63, 3.8) is 0 Å². The predicted octanol–water partition coefficient (Wildman–Crippen LogP) is 0.310. The maximum Gasteiger partial charge on any atom is 0.152 e. The summed E-state index contributed by atoms with van der Waals surface area (Å²) in [6, 6.07) is -0.0667. The number of nitrogens with zero attached hydrogens (tertiary/aromatic N) is 1. The zero-order valence-electron chi connectivity index (χ0n) is 10.6. The summed E-state index contributed by atoms with van der Waals surface area (Å²) in [7, 11) is -4.03. The smallest absolute Gasteiger partial charge is 0.152 e. The maximum absolute atomic E-state index is 11.4. The van der Waals surface area contributed by atoms with E-state index in [0.29, 0.717) is 17.2 Å². The fourth-order valence-corrected chi connectivity index (χ4v) is 8.06. The molecule has 0 aromatic carbocycles. The van der Waals surface area contributed by atoms with Crippen molar-refractivity contribution < 1.29 is 16.8 Å². The first kappa shape index (κ1) is 15.5. The van der Waals surface area contributed by atoms with Crippen LogP contribution in [0.2, 0.25) is 0 Å². The van der Waals surface area contributed by atoms with Crippen LogP contribution in [0.25, 0.3) is 0 Å². The molecule has 2 rings (SSSR count). The number of thioether (sulfide) groups is 1. The summed E-state index contributed by atoms with van der Waals surface area (Å²) >= 11 is 6.69. The maximum atomic E-state index is 11.4. The third-order valence-corrected chi connectivity index (χ3v) is 9.03. The van der Waals surface area contributed by atoms with Crippen LogP contribution in [0.5, 0.6) is 0 Å². The second-order valence-corrected chi connectivity index (χ2v) is 11.5. The molecule has 2 aliphatic heterocycles. The number of rotatable bonds is 2. The highest BCUT2D eigenvalue weighted by molar-refractivity contribution is 8.23. The van der Waals surface area contributed by atoms with Crippen LogP contribution < -0.4 is 0 Å². The normalized spacial score (nSPS) is 32.3. The van der Waals surface area contributed by atoms with E-state index in [2.05, 4.69) is 0 Å². The van der Waals surface area contributed by atoms with Gasteiger partial charge in [0.05, 0.1) is 23.0 Å². The van der Waals surface area contributed by atoms with Crippen molar-refractivity contribution >= 4 is 48.0 Å². The molecule has 0 aromatic heterocycles. The number of sulfone groups is 2. The quantitative estimate of drug-likeness (QED) is 0.668. The Hall–Kier alpha value is 0.140. The number of hydrogen-bond donors (Lipinski definition) is 0. The molecule has 2 saturated heterocycles. The van der Waals surface area contributed by atoms with Gasteiger partial charge in [-0.05, 0) is 12.8 Å². The third-order valence-electron chi connectivity index (χ3n) is 3.50. The van der Waals surface area contributed by atoms with Crippen molar-refractivity contribution in [2.24, 2.45) is 0 Å². The summed E-state index contributed by atoms with van der Waals surface area (Å²) in [5.41, 5.74) is 0. The molecule has 9 heteroatoms. The van der Waals surface area contributed by atoms with Crippen LogP contribution in [-0.2, 0) is 19.7 Å². The zero-order chi connectivity index (χ0) is 14.3. The van der Waals surface area contributed by atoms with Crippen LogP contribution in [0.1, 0.15) is 12.8 Å². The van der Waals surface area contributed by atoms with Gasteiger partial charge in [-0.1, -0.05) is 24.0 Å². The molecule has 0 aliphatic carbocycles. The highest BCUT2D eigenvalue weighted by atomic mass is 32.2. The zero-order valence-corrected chi connectivity index (χ0v) is 13.9. The van der Waals surface area contributed by atoms with Crippen LogP contribution in [0, 0.1) is 0 Å². The monoisotopic (exact) mass is 343 g/mol. The van der Waals surface area contributed by atoms with E-state index in [0.717, 1.165) is 0 Å². The van der Waals surface area contributed by atoms with Gasteiger partial charge in [0, 0.05) is 18.3 Å². The molecule has 19 heavy (non-hydrogen) atoms. The molecule has 0 aromatic rings. The fourth-order valence-electron chi connectivity index (χ4n) is 2.31. The Labute approximate surface area is 124 Å². The number of hydrogen-bond acceptors (Lipinski definition) is 6. The summed E-state index contributed by atoms with van der Waals surface area (Å²) < 4.78 is 46.3. The summed E-state index contributed by atoms with van der Waals surface area (Å²) in [6.07, 6.45) is 1.23. The van der Waals surface area contributed by atoms with E-state index in [-0.39, 0.29) is 34.3 Å². The molecule has 0 spiro atoms. The van der Waals surface area contributed by atoms with E-state index in [1.165, 1.54) is 11.8 Å². The van der Waals surface area contributed by atoms with Crippen LogP contribution in [0.15, 0.2) is 0 Å². The Kier molecular flexibility index (Phi) is 4.49. The third kappa shape index (κ3) is 4.05. The lowest BCUT2D eigenvalue weighted by Gasteiger charge is -2.26. The molecule has 2 fully saturated rings. The van der Waals surface area contributed by atoms with Gasteiger partial charge < -0.3 is 4.90 Å². The predicted molar refractivity (Wildman–Crippen MR) is 82.1 cm³/mol. The lowest BCUT2D eigenvalue weighted by molar-refractivity contribution is 0.409. The van der Waals surface area contributed by atoms with Gasteiger partial charge >= 0.3 is 0 Å². The molecule has 0 unspecified atom stereocenters. The SMILES string of the molecule is CN(C(=S)S[C@H]1CCS(=O)(=O)C1)[C@@H]1CCS(=O)(=O)C1. The van der Waals surface area contributed by atoms with E-state index in [1.54, 1.807) is 7.05 Å². The van der Waals surface area contributed by atoms with Crippen molar-refractivity contribution in [3.05, 3.63) is 0 Å². The van der Waals surface area contributed by atoms with Crippen molar-refractivity contribution in [1.82, 2.24) is 4.90 Å². The summed E-state index contributed by atoms with van der Waals surface area (Å²) in [5, 5.41) is 0.0120. The van der Waals surface area contributed by atoms with Crippen molar-refractivity contribution in [3.8, 4) is 0 Å². The van der Waals surface area contributed by atoms with E-state index in [4.69, 9.17) is 12.2 Å². The van der Waals surface area contributed by atoms with Crippen molar-refractivity contribution in [1.29, 1.82) is 0 Å². The van der Waals surface area contributed by atoms with Crippen LogP contribution in [0.3, 0.4) is 0 Å². The molecular formula is C10H17NO4S4. The molecule has 2 aliphatic rings. The molecule has 0 saturated carbocycles. The molecule has 0 bridgehead atoms. The lowest BCUT2D eigenvalue weighted by Crippen LogP contribution is -2.36. The molecule has 0 radical (unpaired) electrons. The molecule has 110 valence electrons. The van der Waals surface area contributed by atoms with Gasteiger partial charge in [0.15, 0.2) is 19.7 Å². The van der Waals surface area contributed by atoms with Gasteiger partial charge in [-0.2, -0.15) is 0 Å². The Bertz CT molecular complexity index is 568. The molecule has 5 nitrogen and oxygen atoms in total. The van der Waals surface area contributed by atoms with E-state index in [1.807, 2.05) is 4.90 Å². The molecule has 2 heterocycles. The van der Waals surface area contributed by atoms with Gasteiger partial charge in [-0.15, -0.1) is 0 Å². The molecule has 2 atom stereocenters. The fraction of sp³-hybridized carbons (Fsp3) is 0.900. The average Bonchev–Trinajstić information content (AvgIpc) is 2.80. The second-order valence-electron chi connectivity index (χ2n) is 5.08. The Morgan fingerprint density at radius 2 is 1.68 bits per heavy atom. The summed E-state index contributed by atoms with van der Waals surface area (Å²) in [5.74, 6) is 0.768. The van der Waals surface area contributed by atoms with Gasteiger partial charge in [0.25, 0.3) is 0 Å². The first-order valence-electron chi connectivity index (χ1n) is 6.03. The highest BCUT2D eigenvalue weighted by Gasteiger charge is 2.34. The van der Waals surface area contributed by atoms with E-state index < -0.39 is 19.7 Å². The van der Waals surface area contributed by atoms with E-state index >= 15 is 0 Å². The minimum Gasteiger partial charge on any atom is -0.357 e.